The van der Waals surface area contributed by atoms with Crippen LogP contribution in [0.5, 0.6) is 0 Å². The van der Waals surface area contributed by atoms with Crippen LogP contribution in [0.4, 0.5) is 10.2 Å². The van der Waals surface area contributed by atoms with E-state index in [0.29, 0.717) is 13.0 Å². The lowest BCUT2D eigenvalue weighted by Crippen LogP contribution is -2.51. The van der Waals surface area contributed by atoms with Gasteiger partial charge in [0.25, 0.3) is 5.91 Å². The van der Waals surface area contributed by atoms with Gasteiger partial charge in [0.05, 0.1) is 18.4 Å². The van der Waals surface area contributed by atoms with Gasteiger partial charge in [0.1, 0.15) is 5.82 Å². The van der Waals surface area contributed by atoms with E-state index in [1.54, 1.807) is 35.3 Å². The summed E-state index contributed by atoms with van der Waals surface area (Å²) in [5.74, 6) is -0.506. The highest BCUT2D eigenvalue weighted by atomic mass is 19.1. The molecule has 0 unspecified atom stereocenters. The van der Waals surface area contributed by atoms with Crippen molar-refractivity contribution in [3.05, 3.63) is 36.8 Å². The van der Waals surface area contributed by atoms with Crippen LogP contribution in [0.2, 0.25) is 0 Å². The fraction of sp³-hybridized carbons (Fsp3) is 0.333. The van der Waals surface area contributed by atoms with Crippen LogP contribution >= 0.6 is 0 Å². The van der Waals surface area contributed by atoms with Gasteiger partial charge in [0.2, 0.25) is 5.67 Å². The van der Waals surface area contributed by atoms with Gasteiger partial charge in [0.15, 0.2) is 6.19 Å². The summed E-state index contributed by atoms with van der Waals surface area (Å²) in [6, 6.07) is 5.10. The first-order valence-corrected chi connectivity index (χ1v) is 7.22. The monoisotopic (exact) mass is 314 g/mol. The molecule has 23 heavy (non-hydrogen) atoms. The summed E-state index contributed by atoms with van der Waals surface area (Å²) in [5, 5.41) is 15.4. The summed E-state index contributed by atoms with van der Waals surface area (Å²) in [6.07, 6.45) is 7.40. The van der Waals surface area contributed by atoms with E-state index in [2.05, 4.69) is 15.4 Å². The molecule has 0 spiro atoms. The third-order valence-corrected chi connectivity index (χ3v) is 3.75. The zero-order valence-corrected chi connectivity index (χ0v) is 12.3. The average Bonchev–Trinajstić information content (AvgIpc) is 3.10. The molecule has 1 aliphatic heterocycles. The SMILES string of the molecule is N#CN1CCC[C@](F)(C(=O)Nc2ccc(-n3cccn3)cn2)C1. The summed E-state index contributed by atoms with van der Waals surface area (Å²) in [5.41, 5.74) is -1.34. The highest BCUT2D eigenvalue weighted by Gasteiger charge is 2.42. The number of hydrogen-bond acceptors (Lipinski definition) is 5. The molecule has 0 radical (unpaired) electrons. The maximum atomic E-state index is 14.7. The first kappa shape index (κ1) is 15.0. The number of halogens is 1. The second-order valence-electron chi connectivity index (χ2n) is 5.40. The number of carbonyl (C=O) groups is 1. The molecule has 2 aromatic heterocycles. The number of nitriles is 1. The van der Waals surface area contributed by atoms with Gasteiger partial charge in [-0.05, 0) is 31.0 Å². The van der Waals surface area contributed by atoms with E-state index in [1.165, 1.54) is 11.1 Å². The van der Waals surface area contributed by atoms with Gasteiger partial charge in [0, 0.05) is 18.9 Å². The predicted octanol–water partition coefficient (Wildman–Crippen LogP) is 1.49. The smallest absolute Gasteiger partial charge is 0.265 e. The van der Waals surface area contributed by atoms with Crippen molar-refractivity contribution >= 4 is 11.7 Å². The topological polar surface area (TPSA) is 86.8 Å². The molecule has 0 bridgehead atoms. The average molecular weight is 314 g/mol. The van der Waals surface area contributed by atoms with Crippen molar-refractivity contribution in [2.45, 2.75) is 18.5 Å². The van der Waals surface area contributed by atoms with Crippen molar-refractivity contribution in [2.75, 3.05) is 18.4 Å². The number of hydrogen-bond donors (Lipinski definition) is 1. The molecule has 0 saturated carbocycles. The number of amides is 1. The number of anilines is 1. The Bertz CT molecular complexity index is 723. The molecule has 1 aliphatic rings. The van der Waals surface area contributed by atoms with E-state index in [9.17, 15) is 9.18 Å². The molecule has 0 aliphatic carbocycles. The van der Waals surface area contributed by atoms with Crippen LogP contribution in [0, 0.1) is 11.5 Å². The number of aromatic nitrogens is 3. The standard InChI is InChI=1S/C15H15FN6O/c16-15(5-1-7-21(10-15)11-17)14(23)20-13-4-3-12(9-18-13)22-8-2-6-19-22/h2-4,6,8-9H,1,5,7,10H2,(H,18,20,23)/t15-/m1/s1. The molecule has 2 aromatic rings. The Morgan fingerprint density at radius 1 is 1.48 bits per heavy atom. The van der Waals surface area contributed by atoms with Crippen molar-refractivity contribution in [2.24, 2.45) is 0 Å². The molecule has 1 saturated heterocycles. The largest absolute Gasteiger partial charge is 0.308 e. The Hall–Kier alpha value is -2.95. The van der Waals surface area contributed by atoms with Gasteiger partial charge in [-0.25, -0.2) is 14.1 Å². The fourth-order valence-corrected chi connectivity index (χ4v) is 2.53. The lowest BCUT2D eigenvalue weighted by molar-refractivity contribution is -0.130. The summed E-state index contributed by atoms with van der Waals surface area (Å²) in [4.78, 5) is 17.5. The Morgan fingerprint density at radius 2 is 2.35 bits per heavy atom. The van der Waals surface area contributed by atoms with Crippen LogP contribution in [-0.4, -0.2) is 44.3 Å². The summed E-state index contributed by atoms with van der Waals surface area (Å²) in [6.45, 7) is 0.257. The Kier molecular flexibility index (Phi) is 3.93. The lowest BCUT2D eigenvalue weighted by atomic mass is 9.94. The van der Waals surface area contributed by atoms with Crippen molar-refractivity contribution < 1.29 is 9.18 Å². The molecule has 1 N–H and O–H groups in total. The number of nitrogens with zero attached hydrogens (tertiary/aromatic N) is 5. The van der Waals surface area contributed by atoms with Crippen molar-refractivity contribution in [3.63, 3.8) is 0 Å². The van der Waals surface area contributed by atoms with E-state index in [-0.39, 0.29) is 18.8 Å². The van der Waals surface area contributed by atoms with Gasteiger partial charge in [-0.2, -0.15) is 10.4 Å². The summed E-state index contributed by atoms with van der Waals surface area (Å²) < 4.78 is 16.4. The highest BCUT2D eigenvalue weighted by molar-refractivity contribution is 5.96. The minimum Gasteiger partial charge on any atom is -0.308 e. The van der Waals surface area contributed by atoms with Crippen LogP contribution in [0.15, 0.2) is 36.8 Å². The zero-order valence-electron chi connectivity index (χ0n) is 12.3. The van der Waals surface area contributed by atoms with Crippen LogP contribution in [-0.2, 0) is 4.79 Å². The number of piperidine rings is 1. The van der Waals surface area contributed by atoms with E-state index >= 15 is 0 Å². The van der Waals surface area contributed by atoms with Crippen molar-refractivity contribution in [3.8, 4) is 11.9 Å². The Morgan fingerprint density at radius 3 is 3.00 bits per heavy atom. The maximum Gasteiger partial charge on any atom is 0.265 e. The second kappa shape index (κ2) is 6.04. The molecular formula is C15H15FN6O. The number of pyridine rings is 1. The van der Waals surface area contributed by atoms with Crippen molar-refractivity contribution in [1.29, 1.82) is 5.26 Å². The molecule has 8 heteroatoms. The van der Waals surface area contributed by atoms with Gasteiger partial charge in [-0.3, -0.25) is 4.79 Å². The van der Waals surface area contributed by atoms with E-state index in [1.807, 2.05) is 6.19 Å². The van der Waals surface area contributed by atoms with Gasteiger partial charge < -0.3 is 10.2 Å². The minimum absolute atomic E-state index is 0.0996. The number of alkyl halides is 1. The molecule has 1 amide bonds. The third-order valence-electron chi connectivity index (χ3n) is 3.75. The van der Waals surface area contributed by atoms with Crippen molar-refractivity contribution in [1.82, 2.24) is 19.7 Å². The summed E-state index contributed by atoms with van der Waals surface area (Å²) in [7, 11) is 0. The second-order valence-corrected chi connectivity index (χ2v) is 5.40. The molecule has 1 fully saturated rings. The molecule has 118 valence electrons. The van der Waals surface area contributed by atoms with Gasteiger partial charge in [-0.1, -0.05) is 0 Å². The van der Waals surface area contributed by atoms with Crippen LogP contribution in [0.1, 0.15) is 12.8 Å². The van der Waals surface area contributed by atoms with E-state index < -0.39 is 11.6 Å². The fourth-order valence-electron chi connectivity index (χ4n) is 2.53. The predicted molar refractivity (Wildman–Crippen MR) is 80.2 cm³/mol. The minimum atomic E-state index is -2.07. The number of likely N-dealkylation sites (tertiary alicyclic amines) is 1. The van der Waals surface area contributed by atoms with Crippen LogP contribution in [0.3, 0.4) is 0 Å². The summed E-state index contributed by atoms with van der Waals surface area (Å²) >= 11 is 0. The number of carbonyl (C=O) groups excluding carboxylic acids is 1. The zero-order chi connectivity index (χ0) is 16.3. The van der Waals surface area contributed by atoms with Crippen LogP contribution < -0.4 is 5.32 Å². The quantitative estimate of drug-likeness (QED) is 0.867. The molecule has 0 aromatic carbocycles. The molecule has 1 atom stereocenters. The van der Waals surface area contributed by atoms with E-state index in [4.69, 9.17) is 5.26 Å². The third kappa shape index (κ3) is 3.13. The molecular weight excluding hydrogens is 299 g/mol. The Labute approximate surface area is 132 Å². The first-order valence-electron chi connectivity index (χ1n) is 7.22. The maximum absolute atomic E-state index is 14.7. The van der Waals surface area contributed by atoms with Crippen LogP contribution in [0.25, 0.3) is 5.69 Å². The number of nitrogens with one attached hydrogen (secondary N) is 1. The molecule has 7 nitrogen and oxygen atoms in total. The Balaban J connectivity index is 1.69. The van der Waals surface area contributed by atoms with Gasteiger partial charge in [-0.15, -0.1) is 0 Å². The normalized spacial score (nSPS) is 20.8. The van der Waals surface area contributed by atoms with E-state index in [0.717, 1.165) is 5.69 Å². The first-order chi connectivity index (χ1) is 11.1. The lowest BCUT2D eigenvalue weighted by Gasteiger charge is -2.32. The number of rotatable bonds is 3. The molecule has 3 heterocycles. The highest BCUT2D eigenvalue weighted by Crippen LogP contribution is 2.26. The molecule has 3 rings (SSSR count). The van der Waals surface area contributed by atoms with Gasteiger partial charge >= 0.3 is 0 Å².